The fourth-order valence-corrected chi connectivity index (χ4v) is 9.37. The third-order valence-electron chi connectivity index (χ3n) is 12.0. The zero-order chi connectivity index (χ0) is 42.7. The van der Waals surface area contributed by atoms with Crippen molar-refractivity contribution >= 4 is 61.7 Å². The van der Waals surface area contributed by atoms with E-state index in [4.69, 9.17) is 0 Å². The van der Waals surface area contributed by atoms with Crippen molar-refractivity contribution in [1.29, 1.82) is 0 Å². The number of hydrogen-bond donors (Lipinski definition) is 0. The Labute approximate surface area is 367 Å². The molecular weight excluding hydrogens is 745 g/mol. The van der Waals surface area contributed by atoms with Crippen LogP contribution in [0.15, 0.2) is 182 Å². The Morgan fingerprint density at radius 1 is 0.355 bits per heavy atom. The van der Waals surface area contributed by atoms with Crippen molar-refractivity contribution in [1.82, 2.24) is 0 Å². The summed E-state index contributed by atoms with van der Waals surface area (Å²) in [5, 5.41) is 4.57. The third-order valence-corrected chi connectivity index (χ3v) is 12.0. The van der Waals surface area contributed by atoms with E-state index in [9.17, 15) is 0 Å². The normalized spacial score (nSPS) is 10.8. The molecule has 9 aromatic rings. The molecule has 9 rings (SSSR count). The van der Waals surface area contributed by atoms with Gasteiger partial charge in [-0.25, -0.2) is 0 Å². The molecular formula is C60H48BN. The Kier molecular flexibility index (Phi) is 11.1. The molecule has 9 aromatic carbocycles. The molecule has 0 aliphatic heterocycles. The monoisotopic (exact) mass is 793 g/mol. The van der Waals surface area contributed by atoms with Crippen LogP contribution in [0.2, 0.25) is 0 Å². The quantitative estimate of drug-likeness (QED) is 0.0921. The zero-order valence-corrected chi connectivity index (χ0v) is 36.3. The van der Waals surface area contributed by atoms with Crippen molar-refractivity contribution in [3.8, 4) is 23.7 Å². The predicted octanol–water partition coefficient (Wildman–Crippen LogP) is 12.6. The molecule has 0 saturated carbocycles. The van der Waals surface area contributed by atoms with E-state index < -0.39 is 0 Å². The minimum atomic E-state index is 0.130. The average molecular weight is 794 g/mol. The van der Waals surface area contributed by atoms with E-state index >= 15 is 0 Å². The van der Waals surface area contributed by atoms with Crippen LogP contribution in [0.4, 0.5) is 17.1 Å². The van der Waals surface area contributed by atoms with Crippen LogP contribution in [0.5, 0.6) is 0 Å². The van der Waals surface area contributed by atoms with Crippen molar-refractivity contribution in [2.75, 3.05) is 4.90 Å². The fraction of sp³-hybridized carbons (Fsp3) is 0.100. The lowest BCUT2D eigenvalue weighted by Crippen LogP contribution is -2.55. The van der Waals surface area contributed by atoms with Gasteiger partial charge in [-0.05, 0) is 148 Å². The molecule has 0 atom stereocenters. The van der Waals surface area contributed by atoms with Crippen LogP contribution in [-0.4, -0.2) is 6.71 Å². The van der Waals surface area contributed by atoms with Gasteiger partial charge < -0.3 is 4.90 Å². The number of benzene rings is 9. The van der Waals surface area contributed by atoms with Crippen LogP contribution in [-0.2, 0) is 0 Å². The molecule has 0 bridgehead atoms. The summed E-state index contributed by atoms with van der Waals surface area (Å²) >= 11 is 0. The van der Waals surface area contributed by atoms with Gasteiger partial charge in [0.05, 0.1) is 0 Å². The second kappa shape index (κ2) is 17.2. The lowest BCUT2D eigenvalue weighted by Gasteiger charge is -2.25. The highest BCUT2D eigenvalue weighted by atomic mass is 15.1. The van der Waals surface area contributed by atoms with Crippen molar-refractivity contribution in [3.63, 3.8) is 0 Å². The molecule has 296 valence electrons. The maximum atomic E-state index is 3.55. The molecule has 0 aliphatic carbocycles. The molecule has 0 saturated heterocycles. The highest BCUT2D eigenvalue weighted by Gasteiger charge is 2.28. The Hall–Kier alpha value is -7.52. The fourth-order valence-electron chi connectivity index (χ4n) is 9.37. The molecule has 1 nitrogen and oxygen atoms in total. The Morgan fingerprint density at radius 3 is 1.19 bits per heavy atom. The number of para-hydroxylation sites is 2. The summed E-state index contributed by atoms with van der Waals surface area (Å²) in [6.45, 7) is 13.5. The molecule has 2 heteroatoms. The molecule has 0 aromatic heterocycles. The maximum absolute atomic E-state index is 3.55. The SMILES string of the molecule is Cc1cc(C)c(B(c2ccc(C#Cc3cccc4cc5cccc(C#Cc6ccc(N(c7ccccc7)c7ccccc7)cc6)c5cc34)cc2)c2c(C)cc(C)cc2C)c(C)c1. The van der Waals surface area contributed by atoms with E-state index in [-0.39, 0.29) is 6.71 Å². The van der Waals surface area contributed by atoms with Gasteiger partial charge in [0.15, 0.2) is 0 Å². The molecule has 0 aliphatic rings. The molecule has 0 spiro atoms. The summed E-state index contributed by atoms with van der Waals surface area (Å²) in [6.07, 6.45) is 0. The van der Waals surface area contributed by atoms with Gasteiger partial charge in [-0.3, -0.25) is 0 Å². The smallest absolute Gasteiger partial charge is 0.242 e. The van der Waals surface area contributed by atoms with Gasteiger partial charge in [0.25, 0.3) is 0 Å². The van der Waals surface area contributed by atoms with E-state index in [0.717, 1.165) is 60.9 Å². The van der Waals surface area contributed by atoms with E-state index in [1.54, 1.807) is 0 Å². The summed E-state index contributed by atoms with van der Waals surface area (Å²) in [5.41, 5.74) is 19.2. The summed E-state index contributed by atoms with van der Waals surface area (Å²) in [7, 11) is 0. The van der Waals surface area contributed by atoms with Crippen LogP contribution < -0.4 is 21.3 Å². The van der Waals surface area contributed by atoms with Crippen molar-refractivity contribution < 1.29 is 0 Å². The zero-order valence-electron chi connectivity index (χ0n) is 36.3. The first-order valence-electron chi connectivity index (χ1n) is 21.5. The summed E-state index contributed by atoms with van der Waals surface area (Å²) in [5.74, 6) is 14.1. The second-order valence-electron chi connectivity index (χ2n) is 16.6. The largest absolute Gasteiger partial charge is 0.311 e. The van der Waals surface area contributed by atoms with E-state index in [2.05, 4.69) is 240 Å². The first-order chi connectivity index (χ1) is 30.2. The minimum Gasteiger partial charge on any atom is -0.311 e. The lowest BCUT2D eigenvalue weighted by atomic mass is 9.34. The summed E-state index contributed by atoms with van der Waals surface area (Å²) in [4.78, 5) is 2.26. The summed E-state index contributed by atoms with van der Waals surface area (Å²) in [6, 6.07) is 65.0. The van der Waals surface area contributed by atoms with Crippen LogP contribution >= 0.6 is 0 Å². The molecule has 0 unspecified atom stereocenters. The van der Waals surface area contributed by atoms with E-state index in [1.807, 2.05) is 12.1 Å². The number of fused-ring (bicyclic) bond motifs is 2. The molecule has 0 N–H and O–H groups in total. The minimum absolute atomic E-state index is 0.130. The van der Waals surface area contributed by atoms with Gasteiger partial charge in [-0.15, -0.1) is 0 Å². The van der Waals surface area contributed by atoms with Gasteiger partial charge >= 0.3 is 0 Å². The number of nitrogens with zero attached hydrogens (tertiary/aromatic N) is 1. The van der Waals surface area contributed by atoms with Crippen LogP contribution in [0, 0.1) is 65.2 Å². The van der Waals surface area contributed by atoms with Crippen LogP contribution in [0.1, 0.15) is 55.6 Å². The van der Waals surface area contributed by atoms with Gasteiger partial charge in [-0.2, -0.15) is 0 Å². The Bertz CT molecular complexity index is 3090. The van der Waals surface area contributed by atoms with Crippen LogP contribution in [0.25, 0.3) is 21.5 Å². The summed E-state index contributed by atoms with van der Waals surface area (Å²) < 4.78 is 0. The van der Waals surface area contributed by atoms with Gasteiger partial charge in [0.2, 0.25) is 6.71 Å². The van der Waals surface area contributed by atoms with Gasteiger partial charge in [0, 0.05) is 39.3 Å². The van der Waals surface area contributed by atoms with Gasteiger partial charge in [0.1, 0.15) is 0 Å². The molecule has 0 amide bonds. The average Bonchev–Trinajstić information content (AvgIpc) is 3.27. The lowest BCUT2D eigenvalue weighted by molar-refractivity contribution is 1.28. The maximum Gasteiger partial charge on any atom is 0.242 e. The first-order valence-corrected chi connectivity index (χ1v) is 21.5. The topological polar surface area (TPSA) is 3.24 Å². The molecule has 0 fully saturated rings. The van der Waals surface area contributed by atoms with Crippen LogP contribution in [0.3, 0.4) is 0 Å². The number of rotatable bonds is 6. The Morgan fingerprint density at radius 2 is 0.758 bits per heavy atom. The predicted molar refractivity (Wildman–Crippen MR) is 267 cm³/mol. The number of anilines is 3. The molecule has 0 heterocycles. The van der Waals surface area contributed by atoms with E-state index in [1.165, 1.54) is 49.8 Å². The van der Waals surface area contributed by atoms with Crippen molar-refractivity contribution in [2.24, 2.45) is 0 Å². The van der Waals surface area contributed by atoms with Crippen molar-refractivity contribution in [2.45, 2.75) is 41.5 Å². The highest BCUT2D eigenvalue weighted by molar-refractivity contribution is 6.96. The molecule has 0 radical (unpaired) electrons. The van der Waals surface area contributed by atoms with E-state index in [0.29, 0.717) is 0 Å². The second-order valence-corrected chi connectivity index (χ2v) is 16.6. The number of aryl methyl sites for hydroxylation is 6. The first kappa shape index (κ1) is 39.9. The van der Waals surface area contributed by atoms with Crippen molar-refractivity contribution in [3.05, 3.63) is 238 Å². The standard InChI is InChI=1S/C60H48BN/c1-41-35-43(3)59(44(4)36-41)61(60-45(5)37-42(2)38-46(60)6)53-31-25-47(26-32-53)23-29-49-15-13-17-51-39-52-18-14-16-50(58(52)40-57(49)51)30-24-48-27-33-56(34-28-48)62(54-19-9-7-10-20-54)55-21-11-8-12-22-55/h7-22,25-28,31-40H,1-6H3. The third kappa shape index (κ3) is 8.17. The number of hydrogen-bond acceptors (Lipinski definition) is 1. The molecule has 62 heavy (non-hydrogen) atoms. The highest BCUT2D eigenvalue weighted by Crippen LogP contribution is 2.34. The van der Waals surface area contributed by atoms with Gasteiger partial charge in [-0.1, -0.05) is 171 Å². The Balaban J connectivity index is 1.03.